The molecule has 0 bridgehead atoms. The topological polar surface area (TPSA) is 68.3 Å². The number of nitrogens with zero attached hydrogens (tertiary/aromatic N) is 1. The summed E-state index contributed by atoms with van der Waals surface area (Å²) in [5, 5.41) is 2.96. The second-order valence-electron chi connectivity index (χ2n) is 5.60. The lowest BCUT2D eigenvalue weighted by atomic mass is 10.1. The van der Waals surface area contributed by atoms with Crippen LogP contribution in [0.2, 0.25) is 0 Å². The molecule has 1 atom stereocenters. The molecule has 0 spiro atoms. The smallest absolute Gasteiger partial charge is 0.220 e. The van der Waals surface area contributed by atoms with Crippen molar-refractivity contribution in [3.63, 3.8) is 0 Å². The van der Waals surface area contributed by atoms with Gasteiger partial charge in [-0.1, -0.05) is 0 Å². The number of aromatic nitrogens is 1. The van der Waals surface area contributed by atoms with Gasteiger partial charge in [-0.3, -0.25) is 14.6 Å². The molecule has 2 aromatic rings. The van der Waals surface area contributed by atoms with Crippen molar-refractivity contribution in [1.82, 2.24) is 10.3 Å². The quantitative estimate of drug-likeness (QED) is 0.597. The van der Waals surface area contributed by atoms with E-state index in [0.717, 1.165) is 5.56 Å². The second kappa shape index (κ2) is 8.82. The van der Waals surface area contributed by atoms with Crippen molar-refractivity contribution in [3.8, 4) is 5.75 Å². The molecule has 0 saturated heterocycles. The van der Waals surface area contributed by atoms with Crippen molar-refractivity contribution in [2.75, 3.05) is 6.61 Å². The zero-order chi connectivity index (χ0) is 17.4. The van der Waals surface area contributed by atoms with Crippen LogP contribution in [0.4, 0.5) is 0 Å². The van der Waals surface area contributed by atoms with Gasteiger partial charge in [0.2, 0.25) is 5.91 Å². The number of ether oxygens (including phenoxy) is 1. The Labute approximate surface area is 142 Å². The van der Waals surface area contributed by atoms with Crippen LogP contribution in [0.15, 0.2) is 48.8 Å². The van der Waals surface area contributed by atoms with Gasteiger partial charge >= 0.3 is 0 Å². The predicted octanol–water partition coefficient (Wildman–Crippen LogP) is 3.32. The number of ketones is 1. The fourth-order valence-corrected chi connectivity index (χ4v) is 2.26. The zero-order valence-electron chi connectivity index (χ0n) is 14.0. The summed E-state index contributed by atoms with van der Waals surface area (Å²) in [5.74, 6) is 0.724. The monoisotopic (exact) mass is 326 g/mol. The molecule has 0 aliphatic carbocycles. The molecule has 5 nitrogen and oxygen atoms in total. The Morgan fingerprint density at radius 2 is 1.79 bits per heavy atom. The Morgan fingerprint density at radius 3 is 2.42 bits per heavy atom. The van der Waals surface area contributed by atoms with Gasteiger partial charge in [-0.2, -0.15) is 0 Å². The van der Waals surface area contributed by atoms with Crippen molar-refractivity contribution >= 4 is 11.7 Å². The van der Waals surface area contributed by atoms with Crippen LogP contribution in [0, 0.1) is 0 Å². The van der Waals surface area contributed by atoms with E-state index in [1.54, 1.807) is 36.7 Å². The Bertz CT molecular complexity index is 669. The van der Waals surface area contributed by atoms with Crippen LogP contribution in [-0.2, 0) is 4.79 Å². The van der Waals surface area contributed by atoms with E-state index in [9.17, 15) is 9.59 Å². The fourth-order valence-electron chi connectivity index (χ4n) is 2.26. The van der Waals surface area contributed by atoms with Crippen LogP contribution in [0.1, 0.15) is 48.7 Å². The maximum Gasteiger partial charge on any atom is 0.220 e. The van der Waals surface area contributed by atoms with Crippen molar-refractivity contribution in [2.24, 2.45) is 0 Å². The fraction of sp³-hybridized carbons (Fsp3) is 0.316. The summed E-state index contributed by atoms with van der Waals surface area (Å²) >= 11 is 0. The van der Waals surface area contributed by atoms with E-state index in [0.29, 0.717) is 30.8 Å². The molecule has 1 heterocycles. The summed E-state index contributed by atoms with van der Waals surface area (Å²) in [6.45, 7) is 3.93. The van der Waals surface area contributed by atoms with Gasteiger partial charge in [-0.15, -0.1) is 0 Å². The Balaban J connectivity index is 1.68. The molecule has 126 valence electrons. The average Bonchev–Trinajstić information content (AvgIpc) is 2.60. The van der Waals surface area contributed by atoms with Crippen molar-refractivity contribution < 1.29 is 14.3 Å². The van der Waals surface area contributed by atoms with E-state index >= 15 is 0 Å². The van der Waals surface area contributed by atoms with Crippen LogP contribution in [0.5, 0.6) is 5.75 Å². The first-order valence-electron chi connectivity index (χ1n) is 7.99. The van der Waals surface area contributed by atoms with Gasteiger partial charge in [-0.25, -0.2) is 0 Å². The standard InChI is InChI=1S/C19H22N2O3/c1-14(16-9-11-20-12-10-16)21-19(23)4-3-13-24-18-7-5-17(6-8-18)15(2)22/h5-12,14H,3-4,13H2,1-2H3,(H,21,23)/t14-/m1/s1. The number of hydrogen-bond donors (Lipinski definition) is 1. The van der Waals surface area contributed by atoms with Gasteiger partial charge in [0.15, 0.2) is 5.78 Å². The molecule has 0 saturated carbocycles. The summed E-state index contributed by atoms with van der Waals surface area (Å²) < 4.78 is 5.58. The maximum absolute atomic E-state index is 11.9. The minimum Gasteiger partial charge on any atom is -0.494 e. The van der Waals surface area contributed by atoms with Crippen molar-refractivity contribution in [3.05, 3.63) is 59.9 Å². The number of Topliss-reactive ketones (excluding diaryl/α,β-unsaturated/α-hetero) is 1. The summed E-state index contributed by atoms with van der Waals surface area (Å²) in [6, 6.07) is 10.7. The number of rotatable bonds is 8. The van der Waals surface area contributed by atoms with E-state index in [1.807, 2.05) is 19.1 Å². The minimum atomic E-state index is -0.0412. The number of benzene rings is 1. The van der Waals surface area contributed by atoms with Crippen molar-refractivity contribution in [2.45, 2.75) is 32.7 Å². The lowest BCUT2D eigenvalue weighted by Gasteiger charge is -2.14. The van der Waals surface area contributed by atoms with E-state index in [4.69, 9.17) is 4.74 Å². The number of amides is 1. The van der Waals surface area contributed by atoms with Gasteiger partial charge < -0.3 is 10.1 Å². The highest BCUT2D eigenvalue weighted by Gasteiger charge is 2.09. The molecule has 0 fully saturated rings. The highest BCUT2D eigenvalue weighted by molar-refractivity contribution is 5.94. The van der Waals surface area contributed by atoms with Gasteiger partial charge in [0.1, 0.15) is 5.75 Å². The highest BCUT2D eigenvalue weighted by atomic mass is 16.5. The highest BCUT2D eigenvalue weighted by Crippen LogP contribution is 2.13. The molecular formula is C19H22N2O3. The van der Waals surface area contributed by atoms with E-state index in [-0.39, 0.29) is 17.7 Å². The van der Waals surface area contributed by atoms with Gasteiger partial charge in [0, 0.05) is 24.4 Å². The molecule has 0 unspecified atom stereocenters. The summed E-state index contributed by atoms with van der Waals surface area (Å²) in [5.41, 5.74) is 1.69. The molecule has 0 aliphatic rings. The minimum absolute atomic E-state index is 0.00478. The molecule has 1 aromatic carbocycles. The van der Waals surface area contributed by atoms with Crippen molar-refractivity contribution in [1.29, 1.82) is 0 Å². The first-order valence-corrected chi connectivity index (χ1v) is 7.99. The molecule has 24 heavy (non-hydrogen) atoms. The third-order valence-electron chi connectivity index (χ3n) is 3.66. The first-order chi connectivity index (χ1) is 11.6. The number of pyridine rings is 1. The molecule has 0 aliphatic heterocycles. The molecule has 1 aromatic heterocycles. The van der Waals surface area contributed by atoms with E-state index in [2.05, 4.69) is 10.3 Å². The molecule has 0 radical (unpaired) electrons. The van der Waals surface area contributed by atoms with Crippen LogP contribution in [0.3, 0.4) is 0 Å². The van der Waals surface area contributed by atoms with Gasteiger partial charge in [0.05, 0.1) is 12.6 Å². The maximum atomic E-state index is 11.9. The summed E-state index contributed by atoms with van der Waals surface area (Å²) in [6.07, 6.45) is 4.46. The Kier molecular flexibility index (Phi) is 6.49. The average molecular weight is 326 g/mol. The predicted molar refractivity (Wildman–Crippen MR) is 92.0 cm³/mol. The largest absolute Gasteiger partial charge is 0.494 e. The molecule has 5 heteroatoms. The van der Waals surface area contributed by atoms with Crippen LogP contribution >= 0.6 is 0 Å². The van der Waals surface area contributed by atoms with Crippen LogP contribution in [0.25, 0.3) is 0 Å². The Hall–Kier alpha value is -2.69. The van der Waals surface area contributed by atoms with Gasteiger partial charge in [-0.05, 0) is 62.2 Å². The lowest BCUT2D eigenvalue weighted by molar-refractivity contribution is -0.121. The third kappa shape index (κ3) is 5.50. The summed E-state index contributed by atoms with van der Waals surface area (Å²) in [7, 11) is 0. The number of carbonyl (C=O) groups is 2. The number of hydrogen-bond acceptors (Lipinski definition) is 4. The molecular weight excluding hydrogens is 304 g/mol. The number of carbonyl (C=O) groups excluding carboxylic acids is 2. The zero-order valence-corrected chi connectivity index (χ0v) is 14.0. The normalized spacial score (nSPS) is 11.6. The van der Waals surface area contributed by atoms with E-state index in [1.165, 1.54) is 6.92 Å². The third-order valence-corrected chi connectivity index (χ3v) is 3.66. The van der Waals surface area contributed by atoms with Crippen LogP contribution < -0.4 is 10.1 Å². The molecule has 2 rings (SSSR count). The first kappa shape index (κ1) is 17.7. The van der Waals surface area contributed by atoms with Gasteiger partial charge in [0.25, 0.3) is 0 Å². The summed E-state index contributed by atoms with van der Waals surface area (Å²) in [4.78, 5) is 27.1. The lowest BCUT2D eigenvalue weighted by Crippen LogP contribution is -2.26. The number of nitrogens with one attached hydrogen (secondary N) is 1. The molecule has 1 amide bonds. The molecule has 1 N–H and O–H groups in total. The van der Waals surface area contributed by atoms with Crippen LogP contribution in [-0.4, -0.2) is 23.3 Å². The van der Waals surface area contributed by atoms with E-state index < -0.39 is 0 Å². The SMILES string of the molecule is CC(=O)c1ccc(OCCCC(=O)N[C@H](C)c2ccncc2)cc1. The Morgan fingerprint density at radius 1 is 1.12 bits per heavy atom. The second-order valence-corrected chi connectivity index (χ2v) is 5.60.